The van der Waals surface area contributed by atoms with Crippen molar-refractivity contribution in [1.29, 1.82) is 0 Å². The Hall–Kier alpha value is -1.26. The van der Waals surface area contributed by atoms with E-state index >= 15 is 0 Å². The molecule has 0 bridgehead atoms. The van der Waals surface area contributed by atoms with Gasteiger partial charge in [-0.1, -0.05) is 39.0 Å². The Kier molecular flexibility index (Phi) is 8.87. The molecule has 1 saturated carbocycles. The summed E-state index contributed by atoms with van der Waals surface area (Å²) in [4.78, 5) is 22.2. The smallest absolute Gasteiger partial charge is 0.315 e. The lowest BCUT2D eigenvalue weighted by atomic mass is 9.83. The largest absolute Gasteiger partial charge is 0.481 e. The normalized spacial score (nSPS) is 21.8. The summed E-state index contributed by atoms with van der Waals surface area (Å²) in [6.45, 7) is 2.86. The van der Waals surface area contributed by atoms with Crippen LogP contribution in [0.4, 0.5) is 4.79 Å². The zero-order valence-electron chi connectivity index (χ0n) is 13.2. The van der Waals surface area contributed by atoms with Crippen molar-refractivity contribution in [2.45, 2.75) is 77.2 Å². The lowest BCUT2D eigenvalue weighted by Crippen LogP contribution is -2.46. The van der Waals surface area contributed by atoms with Crippen molar-refractivity contribution in [1.82, 2.24) is 10.6 Å². The Balaban J connectivity index is 2.04. The third-order valence-corrected chi connectivity index (χ3v) is 4.35. The number of carbonyl (C=O) groups excluding carboxylic acids is 1. The number of carboxylic acids is 1. The second-order valence-electron chi connectivity index (χ2n) is 6.02. The molecule has 1 aliphatic carbocycles. The molecule has 5 nitrogen and oxygen atoms in total. The van der Waals surface area contributed by atoms with E-state index in [4.69, 9.17) is 5.11 Å². The first-order valence-electron chi connectivity index (χ1n) is 8.39. The highest BCUT2D eigenvalue weighted by Gasteiger charge is 2.24. The van der Waals surface area contributed by atoms with Crippen molar-refractivity contribution in [3.63, 3.8) is 0 Å². The van der Waals surface area contributed by atoms with Gasteiger partial charge >= 0.3 is 12.0 Å². The second kappa shape index (κ2) is 10.5. The molecule has 0 aromatic heterocycles. The molecule has 0 spiro atoms. The minimum Gasteiger partial charge on any atom is -0.481 e. The molecule has 3 N–H and O–H groups in total. The molecular weight excluding hydrogens is 268 g/mol. The van der Waals surface area contributed by atoms with E-state index in [2.05, 4.69) is 17.6 Å². The number of rotatable bonds is 9. The van der Waals surface area contributed by atoms with Crippen LogP contribution in [0.1, 0.15) is 71.1 Å². The van der Waals surface area contributed by atoms with Crippen LogP contribution in [-0.4, -0.2) is 29.7 Å². The first-order valence-corrected chi connectivity index (χ1v) is 8.39. The molecule has 0 heterocycles. The Labute approximate surface area is 127 Å². The topological polar surface area (TPSA) is 78.4 Å². The van der Waals surface area contributed by atoms with Crippen molar-refractivity contribution in [3.8, 4) is 0 Å². The van der Waals surface area contributed by atoms with E-state index in [1.165, 1.54) is 19.3 Å². The van der Waals surface area contributed by atoms with E-state index in [1.54, 1.807) is 0 Å². The summed E-state index contributed by atoms with van der Waals surface area (Å²) in [7, 11) is 0. The first-order chi connectivity index (χ1) is 10.1. The van der Waals surface area contributed by atoms with Gasteiger partial charge in [0.05, 0.1) is 0 Å². The molecule has 2 amide bonds. The highest BCUT2D eigenvalue weighted by atomic mass is 16.4. The Morgan fingerprint density at radius 1 is 1.10 bits per heavy atom. The minimum atomic E-state index is -0.731. The predicted molar refractivity (Wildman–Crippen MR) is 83.3 cm³/mol. The number of amides is 2. The van der Waals surface area contributed by atoms with Crippen LogP contribution in [0.15, 0.2) is 0 Å². The summed E-state index contributed by atoms with van der Waals surface area (Å²) in [6, 6.07) is 0.283. The molecule has 0 radical (unpaired) electrons. The van der Waals surface area contributed by atoms with Gasteiger partial charge in [0.2, 0.25) is 0 Å². The lowest BCUT2D eigenvalue weighted by molar-refractivity contribution is -0.137. The molecule has 0 aromatic carbocycles. The molecular formula is C16H30N2O3. The molecule has 2 atom stereocenters. The zero-order chi connectivity index (χ0) is 15.5. The Morgan fingerprint density at radius 3 is 2.52 bits per heavy atom. The molecule has 21 heavy (non-hydrogen) atoms. The highest BCUT2D eigenvalue weighted by Crippen LogP contribution is 2.26. The summed E-state index contributed by atoms with van der Waals surface area (Å²) in [5.41, 5.74) is 0. The summed E-state index contributed by atoms with van der Waals surface area (Å²) in [5.74, 6) is -0.106. The summed E-state index contributed by atoms with van der Waals surface area (Å²) < 4.78 is 0. The van der Waals surface area contributed by atoms with E-state index in [0.29, 0.717) is 18.5 Å². The average Bonchev–Trinajstić information content (AvgIpc) is 2.46. The van der Waals surface area contributed by atoms with Gasteiger partial charge in [0.25, 0.3) is 0 Å². The maximum atomic E-state index is 11.9. The number of hydrogen-bond acceptors (Lipinski definition) is 2. The van der Waals surface area contributed by atoms with E-state index < -0.39 is 5.97 Å². The lowest BCUT2D eigenvalue weighted by Gasteiger charge is -2.31. The van der Waals surface area contributed by atoms with Crippen LogP contribution in [0, 0.1) is 5.92 Å². The highest BCUT2D eigenvalue weighted by molar-refractivity contribution is 5.74. The number of nitrogens with one attached hydrogen (secondary N) is 2. The fourth-order valence-electron chi connectivity index (χ4n) is 3.06. The SMILES string of the molecule is CCC1CCCCC1NC(=O)NCCCCCCC(=O)O. The van der Waals surface area contributed by atoms with Crippen LogP contribution < -0.4 is 10.6 Å². The molecule has 1 fully saturated rings. The molecule has 5 heteroatoms. The summed E-state index contributed by atoms with van der Waals surface area (Å²) in [6.07, 6.45) is 9.72. The van der Waals surface area contributed by atoms with Crippen LogP contribution >= 0.6 is 0 Å². The standard InChI is InChI=1S/C16H30N2O3/c1-2-13-9-6-7-10-14(13)18-16(21)17-12-8-4-3-5-11-15(19)20/h13-14H,2-12H2,1H3,(H,19,20)(H2,17,18,21). The van der Waals surface area contributed by atoms with Crippen molar-refractivity contribution in [3.05, 3.63) is 0 Å². The van der Waals surface area contributed by atoms with Crippen LogP contribution in [0.2, 0.25) is 0 Å². The fourth-order valence-corrected chi connectivity index (χ4v) is 3.06. The van der Waals surface area contributed by atoms with Crippen molar-refractivity contribution in [2.75, 3.05) is 6.54 Å². The quantitative estimate of drug-likeness (QED) is 0.571. The van der Waals surface area contributed by atoms with E-state index in [-0.39, 0.29) is 12.5 Å². The van der Waals surface area contributed by atoms with Gasteiger partial charge < -0.3 is 15.7 Å². The molecule has 2 unspecified atom stereocenters. The van der Waals surface area contributed by atoms with E-state index in [1.807, 2.05) is 0 Å². The third kappa shape index (κ3) is 7.93. The van der Waals surface area contributed by atoms with Gasteiger partial charge in [-0.2, -0.15) is 0 Å². The Bertz CT molecular complexity index is 321. The van der Waals surface area contributed by atoms with Gasteiger partial charge in [-0.25, -0.2) is 4.79 Å². The predicted octanol–water partition coefficient (Wildman–Crippen LogP) is 3.29. The monoisotopic (exact) mass is 298 g/mol. The van der Waals surface area contributed by atoms with Crippen LogP contribution in [0.5, 0.6) is 0 Å². The summed E-state index contributed by atoms with van der Waals surface area (Å²) in [5, 5.41) is 14.5. The third-order valence-electron chi connectivity index (χ3n) is 4.35. The van der Waals surface area contributed by atoms with Gasteiger partial charge in [-0.15, -0.1) is 0 Å². The number of carboxylic acid groups (broad SMARTS) is 1. The number of hydrogen-bond donors (Lipinski definition) is 3. The maximum absolute atomic E-state index is 11.9. The van der Waals surface area contributed by atoms with Gasteiger partial charge in [0, 0.05) is 19.0 Å². The number of aliphatic carboxylic acids is 1. The summed E-state index contributed by atoms with van der Waals surface area (Å²) >= 11 is 0. The maximum Gasteiger partial charge on any atom is 0.315 e. The van der Waals surface area contributed by atoms with Crippen LogP contribution in [0.3, 0.4) is 0 Å². The zero-order valence-corrected chi connectivity index (χ0v) is 13.2. The van der Waals surface area contributed by atoms with Gasteiger partial charge in [-0.3, -0.25) is 4.79 Å². The minimum absolute atomic E-state index is 0.0501. The molecule has 0 aliphatic heterocycles. The van der Waals surface area contributed by atoms with E-state index in [0.717, 1.165) is 38.5 Å². The fraction of sp³-hybridized carbons (Fsp3) is 0.875. The van der Waals surface area contributed by atoms with Crippen molar-refractivity contribution in [2.24, 2.45) is 5.92 Å². The van der Waals surface area contributed by atoms with Crippen molar-refractivity contribution < 1.29 is 14.7 Å². The molecule has 0 aromatic rings. The second-order valence-corrected chi connectivity index (χ2v) is 6.02. The molecule has 1 rings (SSSR count). The van der Waals surface area contributed by atoms with Gasteiger partial charge in [-0.05, 0) is 31.6 Å². The number of carbonyl (C=O) groups is 2. The van der Waals surface area contributed by atoms with Crippen LogP contribution in [-0.2, 0) is 4.79 Å². The Morgan fingerprint density at radius 2 is 1.81 bits per heavy atom. The van der Waals surface area contributed by atoms with Gasteiger partial charge in [0.15, 0.2) is 0 Å². The van der Waals surface area contributed by atoms with Gasteiger partial charge in [0.1, 0.15) is 0 Å². The molecule has 0 saturated heterocycles. The number of unbranched alkanes of at least 4 members (excludes halogenated alkanes) is 3. The van der Waals surface area contributed by atoms with Crippen LogP contribution in [0.25, 0.3) is 0 Å². The number of urea groups is 1. The van der Waals surface area contributed by atoms with Crippen molar-refractivity contribution >= 4 is 12.0 Å². The average molecular weight is 298 g/mol. The molecule has 1 aliphatic rings. The molecule has 122 valence electrons. The first kappa shape index (κ1) is 17.8. The van der Waals surface area contributed by atoms with E-state index in [9.17, 15) is 9.59 Å².